The summed E-state index contributed by atoms with van der Waals surface area (Å²) >= 11 is 5.43. The monoisotopic (exact) mass is 248 g/mol. The predicted octanol–water partition coefficient (Wildman–Crippen LogP) is 2.79. The fourth-order valence-corrected chi connectivity index (χ4v) is 2.35. The minimum absolute atomic E-state index is 0.825. The maximum absolute atomic E-state index is 5.43. The molecule has 0 aromatic heterocycles. The summed E-state index contributed by atoms with van der Waals surface area (Å²) in [6.45, 7) is 5.34. The lowest BCUT2D eigenvalue weighted by molar-refractivity contribution is 0.278. The van der Waals surface area contributed by atoms with Gasteiger partial charge in [0.1, 0.15) is 0 Å². The molecule has 2 rings (SSSR count). The van der Waals surface area contributed by atoms with Crippen molar-refractivity contribution in [1.29, 1.82) is 0 Å². The van der Waals surface area contributed by atoms with Crippen molar-refractivity contribution in [2.24, 2.45) is 5.92 Å². The van der Waals surface area contributed by atoms with Crippen LogP contribution >= 0.6 is 12.2 Å². The van der Waals surface area contributed by atoms with Crippen molar-refractivity contribution in [3.63, 3.8) is 0 Å². The van der Waals surface area contributed by atoms with Gasteiger partial charge in [-0.3, -0.25) is 0 Å². The van der Waals surface area contributed by atoms with E-state index >= 15 is 0 Å². The third kappa shape index (κ3) is 3.70. The molecule has 2 nitrogen and oxygen atoms in total. The summed E-state index contributed by atoms with van der Waals surface area (Å²) in [5.41, 5.74) is 1.28. The van der Waals surface area contributed by atoms with Crippen LogP contribution in [-0.4, -0.2) is 23.1 Å². The van der Waals surface area contributed by atoms with E-state index in [0.717, 1.165) is 30.7 Å². The van der Waals surface area contributed by atoms with Gasteiger partial charge in [-0.2, -0.15) is 0 Å². The molecule has 3 heteroatoms. The zero-order valence-corrected chi connectivity index (χ0v) is 11.2. The van der Waals surface area contributed by atoms with E-state index in [1.165, 1.54) is 18.4 Å². The van der Waals surface area contributed by atoms with Crippen LogP contribution in [0, 0.1) is 5.92 Å². The SMILES string of the molecule is CC1CCN(C(=S)NCc2ccccc2)CC1. The molecule has 1 aliphatic rings. The Kier molecular flexibility index (Phi) is 4.37. The van der Waals surface area contributed by atoms with Gasteiger partial charge in [0, 0.05) is 19.6 Å². The highest BCUT2D eigenvalue weighted by Crippen LogP contribution is 2.15. The summed E-state index contributed by atoms with van der Waals surface area (Å²) in [7, 11) is 0. The van der Waals surface area contributed by atoms with Crippen molar-refractivity contribution in [3.8, 4) is 0 Å². The number of benzene rings is 1. The highest BCUT2D eigenvalue weighted by molar-refractivity contribution is 7.80. The molecule has 1 heterocycles. The van der Waals surface area contributed by atoms with E-state index in [0.29, 0.717) is 0 Å². The van der Waals surface area contributed by atoms with Gasteiger partial charge in [-0.05, 0) is 36.5 Å². The number of nitrogens with zero attached hydrogens (tertiary/aromatic N) is 1. The van der Waals surface area contributed by atoms with Crippen molar-refractivity contribution in [2.45, 2.75) is 26.3 Å². The number of piperidine rings is 1. The lowest BCUT2D eigenvalue weighted by Gasteiger charge is -2.32. The Labute approximate surface area is 109 Å². The van der Waals surface area contributed by atoms with Crippen LogP contribution in [0.5, 0.6) is 0 Å². The summed E-state index contributed by atoms with van der Waals surface area (Å²) < 4.78 is 0. The zero-order valence-electron chi connectivity index (χ0n) is 10.4. The maximum Gasteiger partial charge on any atom is 0.169 e. The molecule has 0 unspecified atom stereocenters. The van der Waals surface area contributed by atoms with Crippen LogP contribution < -0.4 is 5.32 Å². The van der Waals surface area contributed by atoms with Gasteiger partial charge in [0.05, 0.1) is 0 Å². The largest absolute Gasteiger partial charge is 0.358 e. The molecule has 0 amide bonds. The molecule has 0 bridgehead atoms. The van der Waals surface area contributed by atoms with Crippen molar-refractivity contribution < 1.29 is 0 Å². The van der Waals surface area contributed by atoms with E-state index in [1.807, 2.05) is 6.07 Å². The van der Waals surface area contributed by atoms with E-state index in [2.05, 4.69) is 41.4 Å². The molecular formula is C14H20N2S. The molecule has 1 aromatic carbocycles. The van der Waals surface area contributed by atoms with Crippen LogP contribution in [0.15, 0.2) is 30.3 Å². The number of likely N-dealkylation sites (tertiary alicyclic amines) is 1. The third-order valence-corrected chi connectivity index (χ3v) is 3.76. The summed E-state index contributed by atoms with van der Waals surface area (Å²) in [5, 5.41) is 4.24. The Morgan fingerprint density at radius 1 is 1.29 bits per heavy atom. The van der Waals surface area contributed by atoms with Crippen molar-refractivity contribution in [3.05, 3.63) is 35.9 Å². The molecule has 0 radical (unpaired) electrons. The van der Waals surface area contributed by atoms with Gasteiger partial charge in [-0.25, -0.2) is 0 Å². The molecule has 0 saturated carbocycles. The first-order chi connectivity index (χ1) is 8.25. The van der Waals surface area contributed by atoms with Crippen LogP contribution in [0.25, 0.3) is 0 Å². The summed E-state index contributed by atoms with van der Waals surface area (Å²) in [6.07, 6.45) is 2.51. The molecule has 1 saturated heterocycles. The van der Waals surface area contributed by atoms with Crippen LogP contribution in [0.4, 0.5) is 0 Å². The minimum Gasteiger partial charge on any atom is -0.358 e. The molecule has 1 N–H and O–H groups in total. The van der Waals surface area contributed by atoms with E-state index in [1.54, 1.807) is 0 Å². The van der Waals surface area contributed by atoms with Crippen molar-refractivity contribution in [1.82, 2.24) is 10.2 Å². The fourth-order valence-electron chi connectivity index (χ4n) is 2.10. The van der Waals surface area contributed by atoms with Gasteiger partial charge in [-0.15, -0.1) is 0 Å². The summed E-state index contributed by atoms with van der Waals surface area (Å²) in [6, 6.07) is 10.4. The van der Waals surface area contributed by atoms with E-state index in [4.69, 9.17) is 12.2 Å². The van der Waals surface area contributed by atoms with E-state index < -0.39 is 0 Å². The fraction of sp³-hybridized carbons (Fsp3) is 0.500. The average molecular weight is 248 g/mol. The van der Waals surface area contributed by atoms with Crippen LogP contribution in [0.3, 0.4) is 0 Å². The van der Waals surface area contributed by atoms with Gasteiger partial charge in [0.25, 0.3) is 0 Å². The number of rotatable bonds is 2. The Hall–Kier alpha value is -1.09. The second kappa shape index (κ2) is 6.01. The second-order valence-electron chi connectivity index (χ2n) is 4.81. The molecule has 1 aromatic rings. The Morgan fingerprint density at radius 3 is 2.59 bits per heavy atom. The lowest BCUT2D eigenvalue weighted by atomic mass is 10.00. The predicted molar refractivity (Wildman–Crippen MR) is 75.9 cm³/mol. The van der Waals surface area contributed by atoms with Gasteiger partial charge in [0.2, 0.25) is 0 Å². The van der Waals surface area contributed by atoms with Crippen LogP contribution in [-0.2, 0) is 6.54 Å². The second-order valence-corrected chi connectivity index (χ2v) is 5.20. The molecule has 0 aliphatic carbocycles. The number of hydrogen-bond donors (Lipinski definition) is 1. The summed E-state index contributed by atoms with van der Waals surface area (Å²) in [4.78, 5) is 2.29. The topological polar surface area (TPSA) is 15.3 Å². The first-order valence-electron chi connectivity index (χ1n) is 6.32. The van der Waals surface area contributed by atoms with Gasteiger partial charge in [0.15, 0.2) is 5.11 Å². The standard InChI is InChI=1S/C14H20N2S/c1-12-7-9-16(10-8-12)14(17)15-11-13-5-3-2-4-6-13/h2-6,12H,7-11H2,1H3,(H,15,17). The van der Waals surface area contributed by atoms with Gasteiger partial charge in [-0.1, -0.05) is 37.3 Å². The highest BCUT2D eigenvalue weighted by Gasteiger charge is 2.17. The van der Waals surface area contributed by atoms with Gasteiger partial charge >= 0.3 is 0 Å². The van der Waals surface area contributed by atoms with Crippen LogP contribution in [0.1, 0.15) is 25.3 Å². The molecule has 1 fully saturated rings. The molecule has 0 spiro atoms. The molecule has 17 heavy (non-hydrogen) atoms. The number of thiocarbonyl (C=S) groups is 1. The van der Waals surface area contributed by atoms with E-state index in [9.17, 15) is 0 Å². The normalized spacial score (nSPS) is 16.9. The summed E-state index contributed by atoms with van der Waals surface area (Å²) in [5.74, 6) is 0.850. The average Bonchev–Trinajstić information content (AvgIpc) is 2.38. The molecule has 1 aliphatic heterocycles. The Bertz CT molecular complexity index is 356. The third-order valence-electron chi connectivity index (χ3n) is 3.36. The lowest BCUT2D eigenvalue weighted by Crippen LogP contribution is -2.43. The number of nitrogens with one attached hydrogen (secondary N) is 1. The maximum atomic E-state index is 5.43. The van der Waals surface area contributed by atoms with Crippen molar-refractivity contribution in [2.75, 3.05) is 13.1 Å². The highest BCUT2D eigenvalue weighted by atomic mass is 32.1. The molecule has 0 atom stereocenters. The first kappa shape index (κ1) is 12.4. The van der Waals surface area contributed by atoms with E-state index in [-0.39, 0.29) is 0 Å². The first-order valence-corrected chi connectivity index (χ1v) is 6.73. The smallest absolute Gasteiger partial charge is 0.169 e. The molecule has 92 valence electrons. The van der Waals surface area contributed by atoms with Crippen LogP contribution in [0.2, 0.25) is 0 Å². The van der Waals surface area contributed by atoms with Crippen molar-refractivity contribution >= 4 is 17.3 Å². The molecular weight excluding hydrogens is 228 g/mol. The zero-order chi connectivity index (χ0) is 12.1. The number of hydrogen-bond acceptors (Lipinski definition) is 1. The Morgan fingerprint density at radius 2 is 1.94 bits per heavy atom. The Balaban J connectivity index is 1.78. The minimum atomic E-state index is 0.825. The quantitative estimate of drug-likeness (QED) is 0.810. The van der Waals surface area contributed by atoms with Gasteiger partial charge < -0.3 is 10.2 Å².